The van der Waals surface area contributed by atoms with E-state index < -0.39 is 8.32 Å². The largest absolute Gasteiger partial charge is 0.298 e. The Labute approximate surface area is 46.5 Å². The lowest BCUT2D eigenvalue weighted by Crippen LogP contribution is -2.26. The zero-order valence-electron chi connectivity index (χ0n) is 5.49. The molecule has 0 saturated heterocycles. The minimum Gasteiger partial charge on any atom is -0.298 e. The van der Waals surface area contributed by atoms with Crippen LogP contribution in [0.1, 0.15) is 13.8 Å². The second kappa shape index (κ2) is 1.97. The first-order valence-electron chi connectivity index (χ1n) is 2.65. The normalized spacial score (nSPS) is 12.9. The van der Waals surface area contributed by atoms with Crippen LogP contribution in [0.5, 0.6) is 0 Å². The topological polar surface area (TPSA) is 19.9 Å². The molecule has 0 saturated carbocycles. The molecule has 1 radical (unpaired) electrons. The Morgan fingerprint density at radius 3 is 1.43 bits per heavy atom. The Balaban J connectivity index is 3.54. The Hall–Kier alpha value is 0.177. The van der Waals surface area contributed by atoms with Crippen molar-refractivity contribution in [2.24, 2.45) is 0 Å². The fourth-order valence-electron chi connectivity index (χ4n) is 0. The van der Waals surface area contributed by atoms with Gasteiger partial charge in [0.25, 0.3) is 0 Å². The molecule has 0 aliphatic carbocycles. The van der Waals surface area contributed by atoms with Gasteiger partial charge in [0.05, 0.1) is 0 Å². The molecular formula is C5H13OSi. The summed E-state index contributed by atoms with van der Waals surface area (Å²) in [6.45, 7) is 7.69. The third-order valence-corrected chi connectivity index (χ3v) is 4.17. The van der Waals surface area contributed by atoms with Crippen LogP contribution in [0.15, 0.2) is 0 Å². The highest BCUT2D eigenvalue weighted by Gasteiger charge is 2.23. The molecule has 0 N–H and O–H groups in total. The van der Waals surface area contributed by atoms with Gasteiger partial charge in [0.2, 0.25) is 8.32 Å². The molecular weight excluding hydrogens is 104 g/mol. The predicted molar refractivity (Wildman–Crippen MR) is 33.3 cm³/mol. The van der Waals surface area contributed by atoms with Gasteiger partial charge in [-0.3, -0.25) is 4.80 Å². The van der Waals surface area contributed by atoms with Gasteiger partial charge in [-0.15, -0.1) is 0 Å². The van der Waals surface area contributed by atoms with Crippen molar-refractivity contribution in [3.05, 3.63) is 0 Å². The molecule has 0 aliphatic heterocycles. The summed E-state index contributed by atoms with van der Waals surface area (Å²) in [7, 11) is -1.98. The van der Waals surface area contributed by atoms with Gasteiger partial charge < -0.3 is 0 Å². The fraction of sp³-hybridized carbons (Fsp3) is 1.00. The molecule has 0 aromatic heterocycles. The van der Waals surface area contributed by atoms with Crippen molar-refractivity contribution in [1.82, 2.24) is 0 Å². The molecule has 1 nitrogen and oxygen atoms in total. The van der Waals surface area contributed by atoms with Gasteiger partial charge in [-0.25, -0.2) is 0 Å². The Bertz CT molecular complexity index is 53.6. The van der Waals surface area contributed by atoms with Crippen LogP contribution in [0.25, 0.3) is 0 Å². The summed E-state index contributed by atoms with van der Waals surface area (Å²) in [5.41, 5.74) is 0.382. The zero-order chi connectivity index (χ0) is 6.08. The number of hydrogen-bond donors (Lipinski definition) is 0. The van der Waals surface area contributed by atoms with Gasteiger partial charge in [0, 0.05) is 0 Å². The molecule has 0 amide bonds. The lowest BCUT2D eigenvalue weighted by atomic mass is 10.6. The lowest BCUT2D eigenvalue weighted by Gasteiger charge is -2.14. The smallest absolute Gasteiger partial charge is 0.233 e. The van der Waals surface area contributed by atoms with Gasteiger partial charge in [-0.05, 0) is 18.6 Å². The van der Waals surface area contributed by atoms with E-state index in [2.05, 4.69) is 0 Å². The van der Waals surface area contributed by atoms with Crippen molar-refractivity contribution in [2.75, 3.05) is 0 Å². The summed E-state index contributed by atoms with van der Waals surface area (Å²) < 4.78 is 0. The monoisotopic (exact) mass is 117 g/mol. The second-order valence-corrected chi connectivity index (χ2v) is 7.12. The summed E-state index contributed by atoms with van der Waals surface area (Å²) in [4.78, 5) is 10.9. The van der Waals surface area contributed by atoms with Crippen LogP contribution in [0, 0.1) is 0 Å². The quantitative estimate of drug-likeness (QED) is 0.468. The summed E-state index contributed by atoms with van der Waals surface area (Å²) in [5.74, 6) is 0. The first kappa shape index (κ1) is 7.18. The standard InChI is InChI=1S/C5H13OSi/c1-5(2)7(3,4)6/h5H,1-4H3. The zero-order valence-corrected chi connectivity index (χ0v) is 6.49. The van der Waals surface area contributed by atoms with Gasteiger partial charge >= 0.3 is 0 Å². The van der Waals surface area contributed by atoms with E-state index in [0.29, 0.717) is 5.54 Å². The molecule has 43 valence electrons. The maximum atomic E-state index is 10.9. The number of hydrogen-bond acceptors (Lipinski definition) is 0. The highest BCUT2D eigenvalue weighted by atomic mass is 28.4. The first-order chi connectivity index (χ1) is 2.94. The van der Waals surface area contributed by atoms with Gasteiger partial charge in [0.15, 0.2) is 0 Å². The van der Waals surface area contributed by atoms with Crippen LogP contribution in [0.3, 0.4) is 0 Å². The molecule has 0 rings (SSSR count). The average molecular weight is 117 g/mol. The summed E-state index contributed by atoms with van der Waals surface area (Å²) in [6, 6.07) is 0. The van der Waals surface area contributed by atoms with Crippen molar-refractivity contribution in [2.45, 2.75) is 32.5 Å². The van der Waals surface area contributed by atoms with E-state index >= 15 is 0 Å². The third kappa shape index (κ3) is 2.82. The Morgan fingerprint density at radius 1 is 1.29 bits per heavy atom. The summed E-state index contributed by atoms with van der Waals surface area (Å²) in [5, 5.41) is 0. The van der Waals surface area contributed by atoms with Crippen LogP contribution < -0.4 is 0 Å². The lowest BCUT2D eigenvalue weighted by molar-refractivity contribution is 0.417. The van der Waals surface area contributed by atoms with Crippen molar-refractivity contribution < 1.29 is 4.80 Å². The second-order valence-electron chi connectivity index (χ2n) is 2.76. The highest BCUT2D eigenvalue weighted by Crippen LogP contribution is 2.16. The molecule has 0 aromatic carbocycles. The minimum atomic E-state index is -1.98. The van der Waals surface area contributed by atoms with E-state index in [4.69, 9.17) is 0 Å². The molecule has 2 heteroatoms. The summed E-state index contributed by atoms with van der Waals surface area (Å²) in [6.07, 6.45) is 0. The van der Waals surface area contributed by atoms with Gasteiger partial charge in [0.1, 0.15) is 0 Å². The molecule has 0 atom stereocenters. The van der Waals surface area contributed by atoms with Crippen molar-refractivity contribution in [3.63, 3.8) is 0 Å². The van der Waals surface area contributed by atoms with Crippen LogP contribution in [-0.2, 0) is 4.80 Å². The van der Waals surface area contributed by atoms with Crippen LogP contribution in [-0.4, -0.2) is 8.32 Å². The Kier molecular flexibility index (Phi) is 2.02. The van der Waals surface area contributed by atoms with Crippen molar-refractivity contribution >= 4 is 8.32 Å². The van der Waals surface area contributed by atoms with Crippen molar-refractivity contribution in [1.29, 1.82) is 0 Å². The fourth-order valence-corrected chi connectivity index (χ4v) is 0. The first-order valence-corrected chi connectivity index (χ1v) is 5.63. The molecule has 0 spiro atoms. The molecule has 0 aromatic rings. The maximum absolute atomic E-state index is 10.9. The molecule has 0 bridgehead atoms. The molecule has 7 heavy (non-hydrogen) atoms. The van der Waals surface area contributed by atoms with Crippen molar-refractivity contribution in [3.8, 4) is 0 Å². The number of rotatable bonds is 1. The molecule has 0 heterocycles. The maximum Gasteiger partial charge on any atom is 0.233 e. The van der Waals surface area contributed by atoms with E-state index in [1.165, 1.54) is 0 Å². The Morgan fingerprint density at radius 2 is 1.43 bits per heavy atom. The van der Waals surface area contributed by atoms with E-state index in [1.807, 2.05) is 26.9 Å². The van der Waals surface area contributed by atoms with Crippen LogP contribution >= 0.6 is 0 Å². The van der Waals surface area contributed by atoms with Crippen LogP contribution in [0.2, 0.25) is 18.6 Å². The van der Waals surface area contributed by atoms with E-state index in [0.717, 1.165) is 0 Å². The SMILES string of the molecule is CC(C)[Si](C)(C)[O]. The minimum absolute atomic E-state index is 0.382. The van der Waals surface area contributed by atoms with Gasteiger partial charge in [-0.1, -0.05) is 13.8 Å². The summed E-state index contributed by atoms with van der Waals surface area (Å²) >= 11 is 0. The predicted octanol–water partition coefficient (Wildman–Crippen LogP) is 2.03. The molecule has 0 unspecified atom stereocenters. The van der Waals surface area contributed by atoms with E-state index in [1.54, 1.807) is 0 Å². The third-order valence-electron chi connectivity index (χ3n) is 1.39. The van der Waals surface area contributed by atoms with Crippen LogP contribution in [0.4, 0.5) is 0 Å². The van der Waals surface area contributed by atoms with E-state index in [-0.39, 0.29) is 0 Å². The molecule has 0 fully saturated rings. The van der Waals surface area contributed by atoms with E-state index in [9.17, 15) is 4.80 Å². The highest BCUT2D eigenvalue weighted by molar-refractivity contribution is 6.70. The average Bonchev–Trinajstić information content (AvgIpc) is 1.31. The van der Waals surface area contributed by atoms with Gasteiger partial charge in [-0.2, -0.15) is 0 Å². The molecule has 0 aliphatic rings.